The summed E-state index contributed by atoms with van der Waals surface area (Å²) in [5, 5.41) is 1.19. The molecule has 0 spiro atoms. The third-order valence-electron chi connectivity index (χ3n) is 4.22. The monoisotopic (exact) mass is 417 g/mol. The van der Waals surface area contributed by atoms with Crippen LogP contribution in [0.3, 0.4) is 0 Å². The Morgan fingerprint density at radius 2 is 1.89 bits per heavy atom. The Kier molecular flexibility index (Phi) is 5.67. The zero-order valence-corrected chi connectivity index (χ0v) is 17.3. The molecule has 28 heavy (non-hydrogen) atoms. The average Bonchev–Trinajstić information content (AvgIpc) is 2.64. The van der Waals surface area contributed by atoms with Crippen LogP contribution in [0.5, 0.6) is 0 Å². The van der Waals surface area contributed by atoms with Gasteiger partial charge in [0.2, 0.25) is 5.91 Å². The minimum absolute atomic E-state index is 0.119. The Balaban J connectivity index is 2.09. The van der Waals surface area contributed by atoms with Gasteiger partial charge in [0.05, 0.1) is 17.7 Å². The van der Waals surface area contributed by atoms with E-state index in [0.717, 1.165) is 17.2 Å². The molecule has 0 fully saturated rings. The molecule has 0 saturated heterocycles. The molecule has 0 N–H and O–H groups in total. The second-order valence-corrected chi connectivity index (χ2v) is 9.16. The summed E-state index contributed by atoms with van der Waals surface area (Å²) < 4.78 is 24.4. The Labute approximate surface area is 169 Å². The molecule has 2 aromatic heterocycles. The molecule has 1 amide bonds. The van der Waals surface area contributed by atoms with Crippen LogP contribution >= 0.6 is 11.6 Å². The van der Waals surface area contributed by atoms with E-state index >= 15 is 0 Å². The molecule has 0 atom stereocenters. The summed E-state index contributed by atoms with van der Waals surface area (Å²) in [5.74, 6) is -0.516. The van der Waals surface area contributed by atoms with Crippen LogP contribution in [0.25, 0.3) is 10.9 Å². The lowest BCUT2D eigenvalue weighted by Crippen LogP contribution is -2.35. The molecule has 0 aliphatic rings. The number of aromatic nitrogens is 2. The Bertz CT molecular complexity index is 1150. The van der Waals surface area contributed by atoms with Gasteiger partial charge in [-0.3, -0.25) is 4.79 Å². The van der Waals surface area contributed by atoms with Crippen LogP contribution in [0, 0.1) is 5.92 Å². The zero-order valence-electron chi connectivity index (χ0n) is 15.8. The summed E-state index contributed by atoms with van der Waals surface area (Å²) in [6, 6.07) is 12.4. The van der Waals surface area contributed by atoms with Gasteiger partial charge in [-0.05, 0) is 35.9 Å². The molecule has 3 rings (SSSR count). The largest absolute Gasteiger partial charge is 0.305 e. The van der Waals surface area contributed by atoms with E-state index in [2.05, 4.69) is 9.97 Å². The van der Waals surface area contributed by atoms with Gasteiger partial charge in [0.15, 0.2) is 14.9 Å². The standard InChI is InChI=1S/C20H20ClN3O3S/c1-13(2)20(25)24(17-5-4-10-22-19(17)28(3,26)27)12-14-6-7-15-8-9-18(21)23-16(15)11-14/h4-11,13H,12H2,1-3H3. The summed E-state index contributed by atoms with van der Waals surface area (Å²) in [7, 11) is -3.61. The second kappa shape index (κ2) is 7.85. The molecule has 0 unspecified atom stereocenters. The number of amides is 1. The predicted molar refractivity (Wildman–Crippen MR) is 110 cm³/mol. The molecule has 6 nitrogen and oxygen atoms in total. The highest BCUT2D eigenvalue weighted by molar-refractivity contribution is 7.90. The van der Waals surface area contributed by atoms with E-state index in [0.29, 0.717) is 10.7 Å². The molecular formula is C20H20ClN3O3S. The van der Waals surface area contributed by atoms with Gasteiger partial charge in [-0.2, -0.15) is 0 Å². The molecule has 0 radical (unpaired) electrons. The molecule has 0 aliphatic carbocycles. The van der Waals surface area contributed by atoms with Gasteiger partial charge in [0.1, 0.15) is 5.15 Å². The minimum Gasteiger partial charge on any atom is -0.305 e. The SMILES string of the molecule is CC(C)C(=O)N(Cc1ccc2ccc(Cl)nc2c1)c1cccnc1S(C)(=O)=O. The number of fused-ring (bicyclic) bond motifs is 1. The van der Waals surface area contributed by atoms with E-state index in [-0.39, 0.29) is 29.1 Å². The number of halogens is 1. The minimum atomic E-state index is -3.61. The van der Waals surface area contributed by atoms with Gasteiger partial charge in [0.25, 0.3) is 0 Å². The van der Waals surface area contributed by atoms with Crippen LogP contribution in [-0.2, 0) is 21.2 Å². The molecule has 1 aromatic carbocycles. The lowest BCUT2D eigenvalue weighted by atomic mass is 10.1. The van der Waals surface area contributed by atoms with E-state index in [1.165, 1.54) is 11.1 Å². The van der Waals surface area contributed by atoms with Gasteiger partial charge in [-0.25, -0.2) is 18.4 Å². The average molecular weight is 418 g/mol. The van der Waals surface area contributed by atoms with Crippen LogP contribution < -0.4 is 4.90 Å². The fourth-order valence-corrected chi connectivity index (χ4v) is 3.85. The van der Waals surface area contributed by atoms with E-state index in [9.17, 15) is 13.2 Å². The number of rotatable bonds is 5. The lowest BCUT2D eigenvalue weighted by molar-refractivity contribution is -0.121. The summed E-state index contributed by atoms with van der Waals surface area (Å²) in [6.07, 6.45) is 2.48. The highest BCUT2D eigenvalue weighted by Crippen LogP contribution is 2.27. The van der Waals surface area contributed by atoms with Crippen molar-refractivity contribution in [2.75, 3.05) is 11.2 Å². The van der Waals surface area contributed by atoms with E-state index in [1.54, 1.807) is 32.0 Å². The third kappa shape index (κ3) is 4.31. The first-order valence-corrected chi connectivity index (χ1v) is 11.0. The molecule has 8 heteroatoms. The van der Waals surface area contributed by atoms with Gasteiger partial charge in [-0.1, -0.05) is 37.6 Å². The first-order chi connectivity index (χ1) is 13.2. The Hall–Kier alpha value is -2.51. The van der Waals surface area contributed by atoms with Crippen molar-refractivity contribution in [3.8, 4) is 0 Å². The van der Waals surface area contributed by atoms with Crippen molar-refractivity contribution in [2.24, 2.45) is 5.92 Å². The number of carbonyl (C=O) groups is 1. The molecular weight excluding hydrogens is 398 g/mol. The van der Waals surface area contributed by atoms with Crippen LogP contribution in [0.15, 0.2) is 53.7 Å². The van der Waals surface area contributed by atoms with Crippen LogP contribution in [-0.4, -0.2) is 30.5 Å². The van der Waals surface area contributed by atoms with E-state index < -0.39 is 9.84 Å². The maximum absolute atomic E-state index is 12.9. The number of hydrogen-bond donors (Lipinski definition) is 0. The van der Waals surface area contributed by atoms with Crippen molar-refractivity contribution >= 4 is 43.9 Å². The molecule has 2 heterocycles. The molecule has 3 aromatic rings. The van der Waals surface area contributed by atoms with Crippen molar-refractivity contribution in [1.82, 2.24) is 9.97 Å². The quantitative estimate of drug-likeness (QED) is 0.588. The van der Waals surface area contributed by atoms with E-state index in [4.69, 9.17) is 11.6 Å². The van der Waals surface area contributed by atoms with Crippen molar-refractivity contribution in [1.29, 1.82) is 0 Å². The first kappa shape index (κ1) is 20.2. The molecule has 0 aliphatic heterocycles. The Morgan fingerprint density at radius 3 is 2.57 bits per heavy atom. The number of hydrogen-bond acceptors (Lipinski definition) is 5. The van der Waals surface area contributed by atoms with Crippen LogP contribution in [0.1, 0.15) is 19.4 Å². The van der Waals surface area contributed by atoms with Gasteiger partial charge < -0.3 is 4.90 Å². The second-order valence-electron chi connectivity index (χ2n) is 6.84. The van der Waals surface area contributed by atoms with Crippen LogP contribution in [0.4, 0.5) is 5.69 Å². The number of carbonyl (C=O) groups excluding carboxylic acids is 1. The third-order valence-corrected chi connectivity index (χ3v) is 5.44. The fourth-order valence-electron chi connectivity index (χ4n) is 2.89. The van der Waals surface area contributed by atoms with Crippen molar-refractivity contribution < 1.29 is 13.2 Å². The molecule has 0 saturated carbocycles. The normalized spacial score (nSPS) is 11.8. The summed E-state index contributed by atoms with van der Waals surface area (Å²) in [6.45, 7) is 3.73. The first-order valence-electron chi connectivity index (χ1n) is 8.68. The summed E-state index contributed by atoms with van der Waals surface area (Å²) in [4.78, 5) is 22.7. The lowest BCUT2D eigenvalue weighted by Gasteiger charge is -2.26. The Morgan fingerprint density at radius 1 is 1.18 bits per heavy atom. The summed E-state index contributed by atoms with van der Waals surface area (Å²) in [5.41, 5.74) is 1.78. The number of sulfone groups is 1. The van der Waals surface area contributed by atoms with Crippen molar-refractivity contribution in [2.45, 2.75) is 25.4 Å². The van der Waals surface area contributed by atoms with Gasteiger partial charge in [-0.15, -0.1) is 0 Å². The van der Waals surface area contributed by atoms with Gasteiger partial charge in [0, 0.05) is 23.8 Å². The van der Waals surface area contributed by atoms with Crippen molar-refractivity contribution in [3.05, 3.63) is 59.4 Å². The number of pyridine rings is 2. The molecule has 146 valence electrons. The maximum atomic E-state index is 12.9. The highest BCUT2D eigenvalue weighted by atomic mass is 35.5. The summed E-state index contributed by atoms with van der Waals surface area (Å²) >= 11 is 5.99. The fraction of sp³-hybridized carbons (Fsp3) is 0.250. The topological polar surface area (TPSA) is 80.2 Å². The number of benzene rings is 1. The van der Waals surface area contributed by atoms with Crippen LogP contribution in [0.2, 0.25) is 5.15 Å². The van der Waals surface area contributed by atoms with E-state index in [1.807, 2.05) is 24.3 Å². The number of anilines is 1. The zero-order chi connectivity index (χ0) is 20.5. The highest BCUT2D eigenvalue weighted by Gasteiger charge is 2.26. The number of nitrogens with zero attached hydrogens (tertiary/aromatic N) is 3. The predicted octanol–water partition coefficient (Wildman–Crippen LogP) is 3.88. The van der Waals surface area contributed by atoms with Crippen molar-refractivity contribution in [3.63, 3.8) is 0 Å². The molecule has 0 bridgehead atoms. The maximum Gasteiger partial charge on any atom is 0.229 e. The van der Waals surface area contributed by atoms with Gasteiger partial charge >= 0.3 is 0 Å². The smallest absolute Gasteiger partial charge is 0.229 e.